The molecule has 0 aliphatic heterocycles. The first kappa shape index (κ1) is 14.9. The number of carbonyl (C=O) groups excluding carboxylic acids is 1. The van der Waals surface area contributed by atoms with Crippen molar-refractivity contribution in [3.8, 4) is 0 Å². The number of halogens is 1. The number of Topliss-reactive ketones (excluding diaryl/α,β-unsaturated/α-hetero) is 1. The normalized spacial score (nSPS) is 21.4. The van der Waals surface area contributed by atoms with Gasteiger partial charge in [0.1, 0.15) is 0 Å². The van der Waals surface area contributed by atoms with Crippen LogP contribution < -0.4 is 0 Å². The van der Waals surface area contributed by atoms with Gasteiger partial charge in [0, 0.05) is 12.5 Å². The van der Waals surface area contributed by atoms with E-state index in [0.29, 0.717) is 5.78 Å². The Morgan fingerprint density at radius 1 is 1.28 bits per heavy atom. The lowest BCUT2D eigenvalue weighted by molar-refractivity contribution is -0.118. The van der Waals surface area contributed by atoms with Crippen LogP contribution in [-0.2, 0) is 4.79 Å². The number of rotatable bonds is 3. The molecule has 0 saturated heterocycles. The minimum absolute atomic E-state index is 0. The molecule has 3 heteroatoms. The molecule has 0 bridgehead atoms. The van der Waals surface area contributed by atoms with Crippen LogP contribution in [0.25, 0.3) is 6.08 Å². The quantitative estimate of drug-likeness (QED) is 0.783. The number of carbonyl (C=O) groups is 1. The molecule has 1 unspecified atom stereocenters. The minimum atomic E-state index is 0. The van der Waals surface area contributed by atoms with E-state index in [1.165, 1.54) is 0 Å². The second-order valence-electron chi connectivity index (χ2n) is 4.94. The molecule has 0 heterocycles. The van der Waals surface area contributed by atoms with Crippen molar-refractivity contribution in [1.29, 1.82) is 0 Å². The van der Waals surface area contributed by atoms with Crippen molar-refractivity contribution in [1.82, 2.24) is 4.90 Å². The molecule has 1 atom stereocenters. The molecule has 0 aromatic heterocycles. The lowest BCUT2D eigenvalue weighted by Gasteiger charge is -2.13. The molecule has 0 amide bonds. The van der Waals surface area contributed by atoms with Gasteiger partial charge >= 0.3 is 0 Å². The third kappa shape index (κ3) is 3.69. The van der Waals surface area contributed by atoms with Crippen LogP contribution in [0.4, 0.5) is 0 Å². The van der Waals surface area contributed by atoms with Gasteiger partial charge < -0.3 is 4.90 Å². The van der Waals surface area contributed by atoms with Gasteiger partial charge in [-0.2, -0.15) is 0 Å². The second-order valence-corrected chi connectivity index (χ2v) is 4.94. The standard InChI is InChI=1S/C15H19NO.ClH/c1-16(2)11-14-9-8-13(15(14)17)10-12-6-4-3-5-7-12;/h3-7,10,14H,8-9,11H2,1-2H3;1H/b13-10+;. The van der Waals surface area contributed by atoms with Gasteiger partial charge in [0.05, 0.1) is 0 Å². The Kier molecular flexibility index (Phi) is 5.57. The average molecular weight is 266 g/mol. The van der Waals surface area contributed by atoms with Gasteiger partial charge in [0.15, 0.2) is 5.78 Å². The third-order valence-electron chi connectivity index (χ3n) is 3.18. The summed E-state index contributed by atoms with van der Waals surface area (Å²) in [4.78, 5) is 14.2. The van der Waals surface area contributed by atoms with Crippen molar-refractivity contribution < 1.29 is 4.79 Å². The molecule has 1 aromatic rings. The fourth-order valence-corrected chi connectivity index (χ4v) is 2.35. The maximum Gasteiger partial charge on any atom is 0.163 e. The number of hydrogen-bond donors (Lipinski definition) is 0. The summed E-state index contributed by atoms with van der Waals surface area (Å²) in [5, 5.41) is 0. The molecule has 0 radical (unpaired) electrons. The van der Waals surface area contributed by atoms with Crippen molar-refractivity contribution in [3.05, 3.63) is 41.5 Å². The van der Waals surface area contributed by atoms with Crippen LogP contribution in [0.15, 0.2) is 35.9 Å². The SMILES string of the molecule is CN(C)CC1CC/C(=C\c2ccccc2)C1=O.Cl. The molecule has 1 aliphatic rings. The van der Waals surface area contributed by atoms with E-state index in [-0.39, 0.29) is 18.3 Å². The number of benzene rings is 1. The van der Waals surface area contributed by atoms with Gasteiger partial charge in [-0.15, -0.1) is 12.4 Å². The molecule has 2 nitrogen and oxygen atoms in total. The van der Waals surface area contributed by atoms with E-state index in [1.54, 1.807) is 0 Å². The molecule has 0 N–H and O–H groups in total. The van der Waals surface area contributed by atoms with Crippen LogP contribution in [0, 0.1) is 5.92 Å². The van der Waals surface area contributed by atoms with E-state index in [1.807, 2.05) is 50.5 Å². The highest BCUT2D eigenvalue weighted by Crippen LogP contribution is 2.28. The number of allylic oxidation sites excluding steroid dienone is 1. The lowest BCUT2D eigenvalue weighted by Crippen LogP contribution is -2.24. The summed E-state index contributed by atoms with van der Waals surface area (Å²) in [7, 11) is 4.04. The molecule has 18 heavy (non-hydrogen) atoms. The zero-order valence-electron chi connectivity index (χ0n) is 10.9. The summed E-state index contributed by atoms with van der Waals surface area (Å²) >= 11 is 0. The minimum Gasteiger partial charge on any atom is -0.309 e. The topological polar surface area (TPSA) is 20.3 Å². The maximum absolute atomic E-state index is 12.2. The van der Waals surface area contributed by atoms with Crippen LogP contribution in [0.2, 0.25) is 0 Å². The smallest absolute Gasteiger partial charge is 0.163 e. The van der Waals surface area contributed by atoms with Crippen LogP contribution in [-0.4, -0.2) is 31.3 Å². The van der Waals surface area contributed by atoms with Crippen LogP contribution in [0.1, 0.15) is 18.4 Å². The summed E-state index contributed by atoms with van der Waals surface area (Å²) in [6, 6.07) is 10.1. The molecule has 1 fully saturated rings. The van der Waals surface area contributed by atoms with Crippen LogP contribution in [0.5, 0.6) is 0 Å². The van der Waals surface area contributed by atoms with Gasteiger partial charge in [0.25, 0.3) is 0 Å². The Labute approximate surface area is 115 Å². The molecule has 1 saturated carbocycles. The van der Waals surface area contributed by atoms with Gasteiger partial charge in [-0.25, -0.2) is 0 Å². The fourth-order valence-electron chi connectivity index (χ4n) is 2.35. The molecule has 1 aliphatic carbocycles. The highest BCUT2D eigenvalue weighted by Gasteiger charge is 2.29. The predicted molar refractivity (Wildman–Crippen MR) is 78.0 cm³/mol. The maximum atomic E-state index is 12.2. The largest absolute Gasteiger partial charge is 0.309 e. The Morgan fingerprint density at radius 2 is 1.94 bits per heavy atom. The van der Waals surface area contributed by atoms with Gasteiger partial charge in [0.2, 0.25) is 0 Å². The van der Waals surface area contributed by atoms with Crippen molar-refractivity contribution >= 4 is 24.3 Å². The lowest BCUT2D eigenvalue weighted by atomic mass is 10.0. The Bertz CT molecular complexity index is 425. The zero-order chi connectivity index (χ0) is 12.3. The molecular weight excluding hydrogens is 246 g/mol. The van der Waals surface area contributed by atoms with E-state index in [4.69, 9.17) is 0 Å². The molecule has 98 valence electrons. The summed E-state index contributed by atoms with van der Waals surface area (Å²) in [6.07, 6.45) is 3.96. The van der Waals surface area contributed by atoms with Crippen LogP contribution >= 0.6 is 12.4 Å². The van der Waals surface area contributed by atoms with E-state index >= 15 is 0 Å². The first-order chi connectivity index (χ1) is 8.16. The first-order valence-electron chi connectivity index (χ1n) is 6.11. The Morgan fingerprint density at radius 3 is 2.56 bits per heavy atom. The number of nitrogens with zero attached hydrogens (tertiary/aromatic N) is 1. The van der Waals surface area contributed by atoms with Gasteiger partial charge in [-0.3, -0.25) is 4.79 Å². The summed E-state index contributed by atoms with van der Waals surface area (Å²) in [6.45, 7) is 0.866. The Hall–Kier alpha value is -1.12. The van der Waals surface area contributed by atoms with Gasteiger partial charge in [-0.1, -0.05) is 30.3 Å². The monoisotopic (exact) mass is 265 g/mol. The third-order valence-corrected chi connectivity index (χ3v) is 3.18. The van der Waals surface area contributed by atoms with E-state index in [9.17, 15) is 4.79 Å². The molecule has 1 aromatic carbocycles. The van der Waals surface area contributed by atoms with E-state index in [2.05, 4.69) is 4.90 Å². The summed E-state index contributed by atoms with van der Waals surface area (Å²) in [5.74, 6) is 0.530. The molecule has 0 spiro atoms. The van der Waals surface area contributed by atoms with Crippen molar-refractivity contribution in [2.45, 2.75) is 12.8 Å². The fraction of sp³-hybridized carbons (Fsp3) is 0.400. The summed E-state index contributed by atoms with van der Waals surface area (Å²) in [5.41, 5.74) is 2.12. The highest BCUT2D eigenvalue weighted by molar-refractivity contribution is 6.03. The molecular formula is C15H20ClNO. The zero-order valence-corrected chi connectivity index (χ0v) is 11.7. The van der Waals surface area contributed by atoms with Crippen molar-refractivity contribution in [2.24, 2.45) is 5.92 Å². The number of ketones is 1. The summed E-state index contributed by atoms with van der Waals surface area (Å²) < 4.78 is 0. The highest BCUT2D eigenvalue weighted by atomic mass is 35.5. The van der Waals surface area contributed by atoms with Crippen molar-refractivity contribution in [2.75, 3.05) is 20.6 Å². The second kappa shape index (κ2) is 6.72. The predicted octanol–water partition coefficient (Wildman–Crippen LogP) is 3.03. The van der Waals surface area contributed by atoms with E-state index in [0.717, 1.165) is 30.5 Å². The van der Waals surface area contributed by atoms with E-state index < -0.39 is 0 Å². The van der Waals surface area contributed by atoms with Crippen LogP contribution in [0.3, 0.4) is 0 Å². The number of hydrogen-bond acceptors (Lipinski definition) is 2. The van der Waals surface area contributed by atoms with Gasteiger partial charge in [-0.05, 0) is 44.1 Å². The first-order valence-corrected chi connectivity index (χ1v) is 6.11. The average Bonchev–Trinajstić information content (AvgIpc) is 2.62. The Balaban J connectivity index is 0.00000162. The molecule has 2 rings (SSSR count). The van der Waals surface area contributed by atoms with Crippen molar-refractivity contribution in [3.63, 3.8) is 0 Å².